The van der Waals surface area contributed by atoms with Crippen LogP contribution in [0.4, 0.5) is 8.78 Å². The van der Waals surface area contributed by atoms with Crippen LogP contribution in [0.5, 0.6) is 17.2 Å². The maximum absolute atomic E-state index is 14.1. The van der Waals surface area contributed by atoms with E-state index >= 15 is 0 Å². The van der Waals surface area contributed by atoms with Crippen LogP contribution < -0.4 is 24.8 Å². The van der Waals surface area contributed by atoms with Crippen molar-refractivity contribution >= 4 is 17.8 Å². The highest BCUT2D eigenvalue weighted by atomic mass is 19.3. The van der Waals surface area contributed by atoms with Gasteiger partial charge in [-0.1, -0.05) is 30.3 Å². The standard InChI is InChI=1S/C37H38F2N2O7/c1-4-45-34(44)35(3)13-12-25(20-35)40-32(42)23-7-5-6-22(17-23)29-19-27(26-10-8-21(2)16-30(26)46-29)33(43)41-36(14-15-36)24-9-11-28-31(18-24)48-37(38,39)47-28/h5-11,16-18,25,27,29H,4,12-15,19-20H2,1-3H3,(H,40,42)(H,41,43)/t25?,27-,29-,35?/m1/s1. The molecule has 2 heterocycles. The first kappa shape index (κ1) is 31.9. The summed E-state index contributed by atoms with van der Waals surface area (Å²) in [5.74, 6) is -0.749. The Morgan fingerprint density at radius 1 is 0.958 bits per heavy atom. The van der Waals surface area contributed by atoms with Gasteiger partial charge >= 0.3 is 12.3 Å². The molecule has 0 bridgehead atoms. The summed E-state index contributed by atoms with van der Waals surface area (Å²) in [4.78, 5) is 39.9. The summed E-state index contributed by atoms with van der Waals surface area (Å²) in [7, 11) is 0. The number of carbonyl (C=O) groups excluding carboxylic acids is 3. The monoisotopic (exact) mass is 660 g/mol. The van der Waals surface area contributed by atoms with E-state index in [1.807, 2.05) is 38.1 Å². The molecule has 2 fully saturated rings. The fourth-order valence-corrected chi connectivity index (χ4v) is 7.21. The number of aryl methyl sites for hydroxylation is 1. The van der Waals surface area contributed by atoms with E-state index in [0.717, 1.165) is 16.7 Å². The lowest BCUT2D eigenvalue weighted by molar-refractivity contribution is -0.286. The molecule has 4 aliphatic rings. The maximum atomic E-state index is 14.1. The summed E-state index contributed by atoms with van der Waals surface area (Å²) >= 11 is 0. The first-order valence-corrected chi connectivity index (χ1v) is 16.4. The average Bonchev–Trinajstić information content (AvgIpc) is 3.62. The van der Waals surface area contributed by atoms with Gasteiger partial charge in [0.15, 0.2) is 11.5 Å². The minimum absolute atomic E-state index is 0.0447. The molecule has 0 spiro atoms. The highest BCUT2D eigenvalue weighted by molar-refractivity contribution is 5.94. The number of carbonyl (C=O) groups is 3. The second-order valence-corrected chi connectivity index (χ2v) is 13.7. The van der Waals surface area contributed by atoms with E-state index in [1.54, 1.807) is 31.2 Å². The molecule has 7 rings (SSSR count). The second kappa shape index (κ2) is 11.8. The summed E-state index contributed by atoms with van der Waals surface area (Å²) in [6.07, 6.45) is -0.768. The molecule has 2 amide bonds. The molecule has 4 atom stereocenters. The molecule has 2 N–H and O–H groups in total. The van der Waals surface area contributed by atoms with Crippen LogP contribution in [0, 0.1) is 12.3 Å². The van der Waals surface area contributed by atoms with E-state index in [1.165, 1.54) is 12.1 Å². The number of hydrogen-bond acceptors (Lipinski definition) is 7. The van der Waals surface area contributed by atoms with Gasteiger partial charge in [-0.2, -0.15) is 0 Å². The predicted molar refractivity (Wildman–Crippen MR) is 170 cm³/mol. The molecule has 0 saturated heterocycles. The molecular formula is C37H38F2N2O7. The van der Waals surface area contributed by atoms with Gasteiger partial charge in [-0.25, -0.2) is 0 Å². The minimum Gasteiger partial charge on any atom is -0.485 e. The van der Waals surface area contributed by atoms with E-state index in [4.69, 9.17) is 9.47 Å². The highest BCUT2D eigenvalue weighted by Crippen LogP contribution is 2.51. The Morgan fingerprint density at radius 3 is 2.52 bits per heavy atom. The number of esters is 1. The largest absolute Gasteiger partial charge is 0.586 e. The zero-order valence-electron chi connectivity index (χ0n) is 27.1. The molecule has 2 unspecified atom stereocenters. The molecule has 2 saturated carbocycles. The minimum atomic E-state index is -3.72. The zero-order chi connectivity index (χ0) is 33.8. The number of hydrogen-bond donors (Lipinski definition) is 2. The van der Waals surface area contributed by atoms with Crippen molar-refractivity contribution in [1.82, 2.24) is 10.6 Å². The zero-order valence-corrected chi connectivity index (χ0v) is 27.1. The Labute approximate surface area is 277 Å². The number of nitrogens with one attached hydrogen (secondary N) is 2. The Morgan fingerprint density at radius 2 is 1.75 bits per heavy atom. The highest BCUT2D eigenvalue weighted by Gasteiger charge is 2.50. The number of fused-ring (bicyclic) bond motifs is 2. The van der Waals surface area contributed by atoms with Crippen LogP contribution in [0.2, 0.25) is 0 Å². The third kappa shape index (κ3) is 6.06. The lowest BCUT2D eigenvalue weighted by atomic mass is 9.85. The van der Waals surface area contributed by atoms with E-state index in [9.17, 15) is 23.2 Å². The normalized spacial score (nSPS) is 25.7. The SMILES string of the molecule is CCOC(=O)C1(C)CCC(NC(=O)c2cccc([C@H]3C[C@@H](C(=O)NC4(c5ccc6c(c5)OC(F)(F)O6)CC4)c4ccc(C)cc4O3)c2)C1. The Bertz CT molecular complexity index is 1790. The summed E-state index contributed by atoms with van der Waals surface area (Å²) in [6, 6.07) is 17.4. The molecule has 48 heavy (non-hydrogen) atoms. The van der Waals surface area contributed by atoms with Gasteiger partial charge in [0, 0.05) is 23.6 Å². The maximum Gasteiger partial charge on any atom is 0.586 e. The van der Waals surface area contributed by atoms with Crippen LogP contribution in [-0.4, -0.2) is 36.7 Å². The number of amides is 2. The first-order valence-electron chi connectivity index (χ1n) is 16.4. The molecule has 3 aromatic carbocycles. The van der Waals surface area contributed by atoms with Gasteiger partial charge in [0.1, 0.15) is 11.9 Å². The van der Waals surface area contributed by atoms with Gasteiger partial charge in [-0.15, -0.1) is 8.78 Å². The third-order valence-corrected chi connectivity index (χ3v) is 10.0. The van der Waals surface area contributed by atoms with Crippen molar-refractivity contribution in [2.75, 3.05) is 6.61 Å². The van der Waals surface area contributed by atoms with Crippen molar-refractivity contribution in [3.8, 4) is 17.2 Å². The number of rotatable bonds is 8. The average molecular weight is 661 g/mol. The summed E-state index contributed by atoms with van der Waals surface area (Å²) in [6.45, 7) is 5.93. The van der Waals surface area contributed by atoms with Crippen molar-refractivity contribution in [3.05, 3.63) is 88.5 Å². The van der Waals surface area contributed by atoms with Gasteiger partial charge in [-0.3, -0.25) is 14.4 Å². The lowest BCUT2D eigenvalue weighted by Crippen LogP contribution is -2.40. The van der Waals surface area contributed by atoms with Crippen LogP contribution in [0.1, 0.15) is 97.0 Å². The van der Waals surface area contributed by atoms with Gasteiger partial charge < -0.3 is 29.6 Å². The van der Waals surface area contributed by atoms with Crippen molar-refractivity contribution in [1.29, 1.82) is 0 Å². The fraction of sp³-hybridized carbons (Fsp3) is 0.432. The van der Waals surface area contributed by atoms with Gasteiger partial charge in [0.25, 0.3) is 5.91 Å². The van der Waals surface area contributed by atoms with Crippen LogP contribution in [0.3, 0.4) is 0 Å². The van der Waals surface area contributed by atoms with Crippen molar-refractivity contribution < 1.29 is 42.1 Å². The second-order valence-electron chi connectivity index (χ2n) is 13.7. The number of ether oxygens (including phenoxy) is 4. The molecule has 0 aromatic heterocycles. The van der Waals surface area contributed by atoms with Crippen molar-refractivity contribution in [2.45, 2.75) is 89.2 Å². The predicted octanol–water partition coefficient (Wildman–Crippen LogP) is 6.58. The molecule has 2 aliphatic carbocycles. The molecule has 11 heteroatoms. The van der Waals surface area contributed by atoms with E-state index < -0.39 is 29.3 Å². The summed E-state index contributed by atoms with van der Waals surface area (Å²) in [5, 5.41) is 6.30. The lowest BCUT2D eigenvalue weighted by Gasteiger charge is -2.33. The number of benzene rings is 3. The topological polar surface area (TPSA) is 112 Å². The Kier molecular flexibility index (Phi) is 7.83. The summed E-state index contributed by atoms with van der Waals surface area (Å²) in [5.41, 5.74) is 2.30. The van der Waals surface area contributed by atoms with Crippen LogP contribution in [0.25, 0.3) is 0 Å². The molecule has 0 radical (unpaired) electrons. The van der Waals surface area contributed by atoms with Gasteiger partial charge in [-0.05, 0) is 99.9 Å². The first-order chi connectivity index (χ1) is 22.9. The van der Waals surface area contributed by atoms with Crippen molar-refractivity contribution in [3.63, 3.8) is 0 Å². The molecule has 3 aromatic rings. The molecule has 252 valence electrons. The van der Waals surface area contributed by atoms with Crippen LogP contribution >= 0.6 is 0 Å². The van der Waals surface area contributed by atoms with E-state index in [0.29, 0.717) is 62.0 Å². The molecular weight excluding hydrogens is 622 g/mol. The van der Waals surface area contributed by atoms with E-state index in [-0.39, 0.29) is 35.3 Å². The van der Waals surface area contributed by atoms with E-state index in [2.05, 4.69) is 20.1 Å². The number of alkyl halides is 2. The van der Waals surface area contributed by atoms with Crippen molar-refractivity contribution in [2.24, 2.45) is 5.41 Å². The third-order valence-electron chi connectivity index (χ3n) is 10.0. The Balaban J connectivity index is 1.08. The van der Waals surface area contributed by atoms with Crippen LogP contribution in [-0.2, 0) is 19.9 Å². The van der Waals surface area contributed by atoms with Gasteiger partial charge in [0.2, 0.25) is 5.91 Å². The summed E-state index contributed by atoms with van der Waals surface area (Å²) < 4.78 is 48.2. The molecule has 9 nitrogen and oxygen atoms in total. The van der Waals surface area contributed by atoms with Gasteiger partial charge in [0.05, 0.1) is 23.5 Å². The Hall–Kier alpha value is -4.67. The molecule has 2 aliphatic heterocycles. The fourth-order valence-electron chi connectivity index (χ4n) is 7.21. The smallest absolute Gasteiger partial charge is 0.485 e. The quantitative estimate of drug-likeness (QED) is 0.263. The van der Waals surface area contributed by atoms with Crippen LogP contribution in [0.15, 0.2) is 60.7 Å². The number of halogens is 2.